The minimum absolute atomic E-state index is 0.0711. The molecular weight excluding hydrogens is 328 g/mol. The van der Waals surface area contributed by atoms with Crippen LogP contribution in [-0.2, 0) is 9.53 Å². The van der Waals surface area contributed by atoms with Crippen LogP contribution >= 0.6 is 11.3 Å². The van der Waals surface area contributed by atoms with E-state index in [1.165, 1.54) is 25.8 Å². The van der Waals surface area contributed by atoms with E-state index in [0.29, 0.717) is 5.92 Å². The summed E-state index contributed by atoms with van der Waals surface area (Å²) in [5.74, 6) is 1.44. The summed E-state index contributed by atoms with van der Waals surface area (Å²) >= 11 is 1.57. The van der Waals surface area contributed by atoms with Crippen LogP contribution in [0.15, 0.2) is 16.8 Å². The average molecular weight is 354 g/mol. The quantitative estimate of drug-likeness (QED) is 0.790. The third-order valence-electron chi connectivity index (χ3n) is 4.58. The van der Waals surface area contributed by atoms with Crippen LogP contribution < -0.4 is 5.32 Å². The van der Waals surface area contributed by atoms with Crippen molar-refractivity contribution in [1.82, 2.24) is 10.2 Å². The van der Waals surface area contributed by atoms with Crippen LogP contribution in [0.2, 0.25) is 0 Å². The molecule has 2 saturated heterocycles. The number of nitrogens with one attached hydrogen (secondary N) is 1. The second kappa shape index (κ2) is 10.4. The molecule has 2 N–H and O–H groups in total. The van der Waals surface area contributed by atoms with Crippen molar-refractivity contribution in [3.8, 4) is 0 Å². The van der Waals surface area contributed by atoms with Crippen molar-refractivity contribution in [3.63, 3.8) is 0 Å². The molecule has 0 aromatic carbocycles. The van der Waals surface area contributed by atoms with Gasteiger partial charge in [0.25, 0.3) is 12.4 Å². The van der Waals surface area contributed by atoms with Gasteiger partial charge in [-0.3, -0.25) is 9.59 Å². The molecule has 1 aromatic heterocycles. The Morgan fingerprint density at radius 1 is 1.38 bits per heavy atom. The summed E-state index contributed by atoms with van der Waals surface area (Å²) in [6.07, 6.45) is 3.60. The summed E-state index contributed by atoms with van der Waals surface area (Å²) in [4.78, 5) is 22.8. The molecule has 0 aliphatic carbocycles. The van der Waals surface area contributed by atoms with E-state index < -0.39 is 0 Å². The number of rotatable bonds is 5. The molecule has 3 rings (SSSR count). The van der Waals surface area contributed by atoms with Gasteiger partial charge in [0.1, 0.15) is 0 Å². The molecule has 1 unspecified atom stereocenters. The van der Waals surface area contributed by atoms with Gasteiger partial charge >= 0.3 is 0 Å². The van der Waals surface area contributed by atoms with E-state index in [1.807, 2.05) is 16.8 Å². The summed E-state index contributed by atoms with van der Waals surface area (Å²) in [6.45, 7) is 5.96. The lowest BCUT2D eigenvalue weighted by Crippen LogP contribution is -2.40. The third kappa shape index (κ3) is 6.22. The molecule has 6 nitrogen and oxygen atoms in total. The lowest BCUT2D eigenvalue weighted by atomic mass is 9.95. The van der Waals surface area contributed by atoms with E-state index in [0.717, 1.165) is 44.3 Å². The fraction of sp³-hybridized carbons (Fsp3) is 0.647. The van der Waals surface area contributed by atoms with Crippen molar-refractivity contribution >= 4 is 23.7 Å². The Kier molecular flexibility index (Phi) is 8.21. The fourth-order valence-electron chi connectivity index (χ4n) is 3.20. The predicted octanol–water partition coefficient (Wildman–Crippen LogP) is 1.93. The number of piperidine rings is 1. The number of likely N-dealkylation sites (tertiary alicyclic amines) is 1. The molecule has 0 saturated carbocycles. The Morgan fingerprint density at radius 2 is 2.12 bits per heavy atom. The van der Waals surface area contributed by atoms with E-state index >= 15 is 0 Å². The molecule has 1 aromatic rings. The van der Waals surface area contributed by atoms with E-state index in [-0.39, 0.29) is 12.4 Å². The Bertz CT molecular complexity index is 481. The topological polar surface area (TPSA) is 78.9 Å². The first-order valence-corrected chi connectivity index (χ1v) is 9.35. The van der Waals surface area contributed by atoms with Gasteiger partial charge < -0.3 is 20.1 Å². The van der Waals surface area contributed by atoms with Gasteiger partial charge in [0.05, 0.1) is 6.61 Å². The predicted molar refractivity (Wildman–Crippen MR) is 93.4 cm³/mol. The lowest BCUT2D eigenvalue weighted by Gasteiger charge is -2.33. The van der Waals surface area contributed by atoms with Crippen LogP contribution in [0.4, 0.5) is 0 Å². The summed E-state index contributed by atoms with van der Waals surface area (Å²) in [6, 6.07) is 1.88. The number of hydrogen-bond donors (Lipinski definition) is 2. The second-order valence-corrected chi connectivity index (χ2v) is 7.08. The van der Waals surface area contributed by atoms with Gasteiger partial charge in [-0.15, -0.1) is 0 Å². The van der Waals surface area contributed by atoms with Crippen LogP contribution in [0, 0.1) is 11.8 Å². The van der Waals surface area contributed by atoms with Gasteiger partial charge in [-0.1, -0.05) is 0 Å². The SMILES string of the molecule is O=C(NCC1CCN(CC2CCOC2)CC1)c1ccsc1.O=CO. The van der Waals surface area contributed by atoms with E-state index in [9.17, 15) is 4.79 Å². The molecule has 0 radical (unpaired) electrons. The highest BCUT2D eigenvalue weighted by molar-refractivity contribution is 7.08. The normalized spacial score (nSPS) is 21.8. The summed E-state index contributed by atoms with van der Waals surface area (Å²) < 4.78 is 5.45. The first kappa shape index (κ1) is 18.9. The zero-order valence-corrected chi connectivity index (χ0v) is 14.7. The monoisotopic (exact) mass is 354 g/mol. The summed E-state index contributed by atoms with van der Waals surface area (Å²) in [5.41, 5.74) is 0.790. The maximum atomic E-state index is 11.9. The maximum Gasteiger partial charge on any atom is 0.290 e. The average Bonchev–Trinajstić information content (AvgIpc) is 3.28. The van der Waals surface area contributed by atoms with Crippen LogP contribution in [0.25, 0.3) is 0 Å². The Hall–Kier alpha value is -1.44. The molecule has 1 atom stereocenters. The molecule has 0 bridgehead atoms. The van der Waals surface area contributed by atoms with Crippen molar-refractivity contribution in [2.24, 2.45) is 11.8 Å². The molecule has 2 aliphatic heterocycles. The second-order valence-electron chi connectivity index (χ2n) is 6.30. The van der Waals surface area contributed by atoms with Gasteiger partial charge in [-0.25, -0.2) is 0 Å². The summed E-state index contributed by atoms with van der Waals surface area (Å²) in [5, 5.41) is 13.8. The molecule has 7 heteroatoms. The Labute approximate surface area is 146 Å². The van der Waals surface area contributed by atoms with Crippen LogP contribution in [-0.4, -0.2) is 61.8 Å². The summed E-state index contributed by atoms with van der Waals surface area (Å²) in [7, 11) is 0. The number of ether oxygens (including phenoxy) is 1. The van der Waals surface area contributed by atoms with Gasteiger partial charge in [0, 0.05) is 30.6 Å². The minimum Gasteiger partial charge on any atom is -0.483 e. The molecule has 2 fully saturated rings. The van der Waals surface area contributed by atoms with E-state index in [1.54, 1.807) is 11.3 Å². The molecule has 24 heavy (non-hydrogen) atoms. The van der Waals surface area contributed by atoms with Crippen molar-refractivity contribution in [2.45, 2.75) is 19.3 Å². The van der Waals surface area contributed by atoms with Gasteiger partial charge in [0.2, 0.25) is 0 Å². The van der Waals surface area contributed by atoms with Crippen LogP contribution in [0.5, 0.6) is 0 Å². The number of carbonyl (C=O) groups is 2. The van der Waals surface area contributed by atoms with Gasteiger partial charge in [0.15, 0.2) is 0 Å². The number of carboxylic acid groups (broad SMARTS) is 1. The first-order chi connectivity index (χ1) is 11.7. The van der Waals surface area contributed by atoms with E-state index in [2.05, 4.69) is 10.2 Å². The van der Waals surface area contributed by atoms with Gasteiger partial charge in [-0.05, 0) is 55.6 Å². The number of hydrogen-bond acceptors (Lipinski definition) is 5. The smallest absolute Gasteiger partial charge is 0.290 e. The zero-order chi connectivity index (χ0) is 17.2. The third-order valence-corrected chi connectivity index (χ3v) is 5.27. The minimum atomic E-state index is -0.250. The lowest BCUT2D eigenvalue weighted by molar-refractivity contribution is -0.122. The van der Waals surface area contributed by atoms with Crippen LogP contribution in [0.3, 0.4) is 0 Å². The standard InChI is InChI=1S/C16H24N2O2S.CH2O2/c19-16(15-4-8-21-12-15)17-9-13-1-5-18(6-2-13)10-14-3-7-20-11-14;2-1-3/h4,8,12-14H,1-3,5-7,9-11H2,(H,17,19);1H,(H,2,3). The molecule has 3 heterocycles. The largest absolute Gasteiger partial charge is 0.483 e. The maximum absolute atomic E-state index is 11.9. The molecular formula is C17H26N2O4S. The molecule has 2 aliphatic rings. The van der Waals surface area contributed by atoms with Crippen LogP contribution in [0.1, 0.15) is 29.6 Å². The van der Waals surface area contributed by atoms with Gasteiger partial charge in [-0.2, -0.15) is 11.3 Å². The fourth-order valence-corrected chi connectivity index (χ4v) is 3.83. The number of carbonyl (C=O) groups excluding carboxylic acids is 1. The van der Waals surface area contributed by atoms with Crippen molar-refractivity contribution in [3.05, 3.63) is 22.4 Å². The number of thiophene rings is 1. The van der Waals surface area contributed by atoms with Crippen molar-refractivity contribution < 1.29 is 19.4 Å². The van der Waals surface area contributed by atoms with E-state index in [4.69, 9.17) is 14.6 Å². The molecule has 134 valence electrons. The highest BCUT2D eigenvalue weighted by Crippen LogP contribution is 2.20. The van der Waals surface area contributed by atoms with Crippen molar-refractivity contribution in [1.29, 1.82) is 0 Å². The Morgan fingerprint density at radius 3 is 2.71 bits per heavy atom. The zero-order valence-electron chi connectivity index (χ0n) is 13.9. The molecule has 0 spiro atoms. The Balaban J connectivity index is 0.000000647. The highest BCUT2D eigenvalue weighted by Gasteiger charge is 2.24. The number of amides is 1. The number of nitrogens with zero attached hydrogens (tertiary/aromatic N) is 1. The highest BCUT2D eigenvalue weighted by atomic mass is 32.1. The van der Waals surface area contributed by atoms with Crippen molar-refractivity contribution in [2.75, 3.05) is 39.4 Å². The first-order valence-electron chi connectivity index (χ1n) is 8.41. The molecule has 1 amide bonds.